The molecule has 2 aromatic rings. The first-order valence-corrected chi connectivity index (χ1v) is 8.71. The molecule has 0 atom stereocenters. The Labute approximate surface area is 136 Å². The van der Waals surface area contributed by atoms with E-state index in [1.807, 2.05) is 12.1 Å². The molecule has 22 heavy (non-hydrogen) atoms. The predicted molar refractivity (Wildman–Crippen MR) is 92.0 cm³/mol. The number of hydrogen-bond donors (Lipinski definition) is 0. The summed E-state index contributed by atoms with van der Waals surface area (Å²) < 4.78 is 5.22. The summed E-state index contributed by atoms with van der Waals surface area (Å²) in [7, 11) is 1.70. The SMILES string of the molecule is CCc1nc(CN2CCN(c3ccc(OC)cc3)CC2)cs1. The standard InChI is InChI=1S/C17H23N3OS/c1-3-17-18-14(13-22-17)12-19-8-10-20(11-9-19)15-4-6-16(21-2)7-5-15/h4-7,13H,3,8-12H2,1-2H3. The van der Waals surface area contributed by atoms with Crippen molar-refractivity contribution in [3.63, 3.8) is 0 Å². The van der Waals surface area contributed by atoms with Crippen LogP contribution in [0.4, 0.5) is 5.69 Å². The number of aromatic nitrogens is 1. The number of anilines is 1. The Bertz CT molecular complexity index is 588. The van der Waals surface area contributed by atoms with Gasteiger partial charge in [0.2, 0.25) is 0 Å². The quantitative estimate of drug-likeness (QED) is 0.847. The van der Waals surface area contributed by atoms with Crippen molar-refractivity contribution in [1.29, 1.82) is 0 Å². The highest BCUT2D eigenvalue weighted by Crippen LogP contribution is 2.21. The van der Waals surface area contributed by atoms with Crippen LogP contribution in [-0.2, 0) is 13.0 Å². The van der Waals surface area contributed by atoms with E-state index >= 15 is 0 Å². The number of aryl methyl sites for hydroxylation is 1. The number of benzene rings is 1. The van der Waals surface area contributed by atoms with Crippen LogP contribution in [0.2, 0.25) is 0 Å². The van der Waals surface area contributed by atoms with Crippen LogP contribution in [0.1, 0.15) is 17.6 Å². The van der Waals surface area contributed by atoms with Gasteiger partial charge in [-0.05, 0) is 30.7 Å². The average molecular weight is 317 g/mol. The molecule has 3 rings (SSSR count). The maximum atomic E-state index is 5.22. The molecule has 118 valence electrons. The number of methoxy groups -OCH3 is 1. The fourth-order valence-corrected chi connectivity index (χ4v) is 3.51. The maximum absolute atomic E-state index is 5.22. The Hall–Kier alpha value is -1.59. The molecule has 0 radical (unpaired) electrons. The zero-order valence-electron chi connectivity index (χ0n) is 13.3. The third-order valence-electron chi connectivity index (χ3n) is 4.10. The van der Waals surface area contributed by atoms with Crippen LogP contribution in [-0.4, -0.2) is 43.2 Å². The average Bonchev–Trinajstić information content (AvgIpc) is 3.03. The number of thiazole rings is 1. The van der Waals surface area contributed by atoms with Gasteiger partial charge in [-0.2, -0.15) is 0 Å². The van der Waals surface area contributed by atoms with Crippen LogP contribution in [0, 0.1) is 0 Å². The van der Waals surface area contributed by atoms with E-state index in [0.717, 1.165) is 44.9 Å². The van der Waals surface area contributed by atoms with Crippen molar-refractivity contribution in [2.24, 2.45) is 0 Å². The minimum atomic E-state index is 0.914. The molecule has 0 saturated carbocycles. The zero-order valence-corrected chi connectivity index (χ0v) is 14.1. The lowest BCUT2D eigenvalue weighted by Gasteiger charge is -2.35. The van der Waals surface area contributed by atoms with Crippen LogP contribution in [0.5, 0.6) is 5.75 Å². The highest BCUT2D eigenvalue weighted by Gasteiger charge is 2.18. The molecule has 1 saturated heterocycles. The van der Waals surface area contributed by atoms with E-state index in [2.05, 4.69) is 39.2 Å². The third kappa shape index (κ3) is 3.59. The van der Waals surface area contributed by atoms with Gasteiger partial charge in [-0.1, -0.05) is 6.92 Å². The molecule has 1 fully saturated rings. The number of ether oxygens (including phenoxy) is 1. The van der Waals surface area contributed by atoms with Crippen molar-refractivity contribution in [3.05, 3.63) is 40.3 Å². The van der Waals surface area contributed by atoms with E-state index in [4.69, 9.17) is 4.74 Å². The Morgan fingerprint density at radius 2 is 1.86 bits per heavy atom. The molecule has 1 aromatic carbocycles. The number of rotatable bonds is 5. The van der Waals surface area contributed by atoms with E-state index in [0.29, 0.717) is 0 Å². The number of nitrogens with zero attached hydrogens (tertiary/aromatic N) is 3. The number of hydrogen-bond acceptors (Lipinski definition) is 5. The summed E-state index contributed by atoms with van der Waals surface area (Å²) >= 11 is 1.78. The lowest BCUT2D eigenvalue weighted by Crippen LogP contribution is -2.46. The van der Waals surface area contributed by atoms with Crippen LogP contribution in [0.25, 0.3) is 0 Å². The molecule has 5 heteroatoms. The van der Waals surface area contributed by atoms with Gasteiger partial charge < -0.3 is 9.64 Å². The van der Waals surface area contributed by atoms with Crippen molar-refractivity contribution < 1.29 is 4.74 Å². The first kappa shape index (κ1) is 15.3. The monoisotopic (exact) mass is 317 g/mol. The fourth-order valence-electron chi connectivity index (χ4n) is 2.77. The van der Waals surface area contributed by atoms with Gasteiger partial charge in [0, 0.05) is 43.8 Å². The van der Waals surface area contributed by atoms with E-state index < -0.39 is 0 Å². The molecule has 1 aliphatic heterocycles. The third-order valence-corrected chi connectivity index (χ3v) is 5.14. The molecular weight excluding hydrogens is 294 g/mol. The van der Waals surface area contributed by atoms with Crippen molar-refractivity contribution in [2.45, 2.75) is 19.9 Å². The van der Waals surface area contributed by atoms with Crippen LogP contribution in [0.15, 0.2) is 29.6 Å². The summed E-state index contributed by atoms with van der Waals surface area (Å²) in [6.07, 6.45) is 1.04. The second-order valence-electron chi connectivity index (χ2n) is 5.55. The maximum Gasteiger partial charge on any atom is 0.119 e. The largest absolute Gasteiger partial charge is 0.497 e. The van der Waals surface area contributed by atoms with Gasteiger partial charge in [-0.15, -0.1) is 11.3 Å². The molecule has 1 aromatic heterocycles. The van der Waals surface area contributed by atoms with E-state index in [9.17, 15) is 0 Å². The molecular formula is C17H23N3OS. The normalized spacial score (nSPS) is 16.0. The lowest BCUT2D eigenvalue weighted by atomic mass is 10.2. The van der Waals surface area contributed by atoms with Crippen molar-refractivity contribution in [2.75, 3.05) is 38.2 Å². The number of piperazine rings is 1. The minimum Gasteiger partial charge on any atom is -0.497 e. The van der Waals surface area contributed by atoms with Crippen molar-refractivity contribution in [1.82, 2.24) is 9.88 Å². The summed E-state index contributed by atoms with van der Waals surface area (Å²) in [5.74, 6) is 0.914. The Balaban J connectivity index is 1.53. The van der Waals surface area contributed by atoms with Crippen molar-refractivity contribution in [3.8, 4) is 5.75 Å². The summed E-state index contributed by atoms with van der Waals surface area (Å²) in [6.45, 7) is 7.45. The Morgan fingerprint density at radius 3 is 2.45 bits per heavy atom. The highest BCUT2D eigenvalue weighted by molar-refractivity contribution is 7.09. The second kappa shape index (κ2) is 7.11. The first-order valence-electron chi connectivity index (χ1n) is 7.83. The van der Waals surface area contributed by atoms with Gasteiger partial charge in [0.15, 0.2) is 0 Å². The van der Waals surface area contributed by atoms with Crippen LogP contribution in [0.3, 0.4) is 0 Å². The minimum absolute atomic E-state index is 0.914. The summed E-state index contributed by atoms with van der Waals surface area (Å²) in [5, 5.41) is 3.45. The van der Waals surface area contributed by atoms with Gasteiger partial charge in [-0.25, -0.2) is 4.98 Å². The van der Waals surface area contributed by atoms with Crippen LogP contribution >= 0.6 is 11.3 Å². The van der Waals surface area contributed by atoms with E-state index in [-0.39, 0.29) is 0 Å². The van der Waals surface area contributed by atoms with Crippen molar-refractivity contribution >= 4 is 17.0 Å². The molecule has 0 amide bonds. The van der Waals surface area contributed by atoms with Gasteiger partial charge in [0.1, 0.15) is 5.75 Å². The van der Waals surface area contributed by atoms with E-state index in [1.165, 1.54) is 16.4 Å². The zero-order chi connectivity index (χ0) is 15.4. The molecule has 0 spiro atoms. The fraction of sp³-hybridized carbons (Fsp3) is 0.471. The predicted octanol–water partition coefficient (Wildman–Crippen LogP) is 3.04. The molecule has 0 aliphatic carbocycles. The highest BCUT2D eigenvalue weighted by atomic mass is 32.1. The van der Waals surface area contributed by atoms with E-state index in [1.54, 1.807) is 18.4 Å². The summed E-state index contributed by atoms with van der Waals surface area (Å²) in [5.41, 5.74) is 2.50. The van der Waals surface area contributed by atoms with Gasteiger partial charge in [0.25, 0.3) is 0 Å². The molecule has 1 aliphatic rings. The topological polar surface area (TPSA) is 28.6 Å². The second-order valence-corrected chi connectivity index (χ2v) is 6.49. The van der Waals surface area contributed by atoms with Crippen LogP contribution < -0.4 is 9.64 Å². The smallest absolute Gasteiger partial charge is 0.119 e. The Kier molecular flexibility index (Phi) is 4.95. The summed E-state index contributed by atoms with van der Waals surface area (Å²) in [6, 6.07) is 8.34. The first-order chi connectivity index (χ1) is 10.8. The lowest BCUT2D eigenvalue weighted by molar-refractivity contribution is 0.247. The molecule has 0 N–H and O–H groups in total. The van der Waals surface area contributed by atoms with Gasteiger partial charge in [-0.3, -0.25) is 4.90 Å². The molecule has 4 nitrogen and oxygen atoms in total. The van der Waals surface area contributed by atoms with Gasteiger partial charge >= 0.3 is 0 Å². The molecule has 2 heterocycles. The summed E-state index contributed by atoms with van der Waals surface area (Å²) in [4.78, 5) is 9.60. The van der Waals surface area contributed by atoms with Gasteiger partial charge in [0.05, 0.1) is 17.8 Å². The Morgan fingerprint density at radius 1 is 1.14 bits per heavy atom. The molecule has 0 unspecified atom stereocenters. The molecule has 0 bridgehead atoms.